The van der Waals surface area contributed by atoms with Crippen molar-refractivity contribution in [3.63, 3.8) is 0 Å². The summed E-state index contributed by atoms with van der Waals surface area (Å²) in [5.41, 5.74) is 2.79. The number of nitrogens with zero attached hydrogens (tertiary/aromatic N) is 1. The first-order valence-corrected chi connectivity index (χ1v) is 8.59. The molecule has 1 aliphatic rings. The molecule has 0 spiro atoms. The van der Waals surface area contributed by atoms with E-state index >= 15 is 0 Å². The third-order valence-corrected chi connectivity index (χ3v) is 4.75. The molecule has 0 aliphatic carbocycles. The second-order valence-corrected chi connectivity index (χ2v) is 6.32. The summed E-state index contributed by atoms with van der Waals surface area (Å²) in [4.78, 5) is 11.4. The summed E-state index contributed by atoms with van der Waals surface area (Å²) < 4.78 is 12.4. The Bertz CT molecular complexity index is 1090. The lowest BCUT2D eigenvalue weighted by molar-refractivity contribution is -0.134. The van der Waals surface area contributed by atoms with Gasteiger partial charge < -0.3 is 24.3 Å². The lowest BCUT2D eigenvalue weighted by atomic mass is 10.1. The van der Waals surface area contributed by atoms with Gasteiger partial charge in [-0.25, -0.2) is 4.79 Å². The van der Waals surface area contributed by atoms with E-state index in [-0.39, 0.29) is 18.1 Å². The number of aliphatic hydroxyl groups excluding tert-OH is 2. The van der Waals surface area contributed by atoms with Crippen molar-refractivity contribution in [1.82, 2.24) is 4.57 Å². The summed E-state index contributed by atoms with van der Waals surface area (Å²) in [5.74, 6) is -0.121. The van der Waals surface area contributed by atoms with E-state index in [0.717, 1.165) is 27.4 Å². The summed E-state index contributed by atoms with van der Waals surface area (Å²) in [6.07, 6.45) is 2.97. The molecule has 6 heteroatoms. The summed E-state index contributed by atoms with van der Waals surface area (Å²) in [6.45, 7) is -0.331. The minimum atomic E-state index is -0.425. The molecule has 138 valence electrons. The van der Waals surface area contributed by atoms with Crippen molar-refractivity contribution in [3.05, 3.63) is 65.6 Å². The number of hydrogen-bond acceptors (Lipinski definition) is 5. The SMILES string of the molecule is COC(=O)/C=C/c1ccc2c(c1)c1ccccc1n2[C@H]1CC(O)=C(CO)O1. The molecule has 0 radical (unpaired) electrons. The van der Waals surface area contributed by atoms with Gasteiger partial charge in [0, 0.05) is 16.8 Å². The third kappa shape index (κ3) is 2.94. The number of aromatic nitrogens is 1. The molecule has 1 atom stereocenters. The van der Waals surface area contributed by atoms with Crippen LogP contribution in [0.2, 0.25) is 0 Å². The molecule has 2 aromatic carbocycles. The number of hydrogen-bond donors (Lipinski definition) is 2. The number of aliphatic hydroxyl groups is 2. The van der Waals surface area contributed by atoms with Gasteiger partial charge in [0.2, 0.25) is 0 Å². The van der Waals surface area contributed by atoms with Crippen LogP contribution >= 0.6 is 0 Å². The van der Waals surface area contributed by atoms with Crippen LogP contribution in [-0.4, -0.2) is 34.5 Å². The maximum Gasteiger partial charge on any atom is 0.330 e. The van der Waals surface area contributed by atoms with Crippen LogP contribution in [0, 0.1) is 0 Å². The molecule has 0 bridgehead atoms. The Morgan fingerprint density at radius 3 is 2.78 bits per heavy atom. The Hall–Kier alpha value is -3.25. The number of fused-ring (bicyclic) bond motifs is 3. The zero-order valence-electron chi connectivity index (χ0n) is 14.8. The van der Waals surface area contributed by atoms with Gasteiger partial charge in [0.25, 0.3) is 0 Å². The minimum absolute atomic E-state index is 0.0751. The maximum absolute atomic E-state index is 11.4. The van der Waals surface area contributed by atoms with E-state index in [1.54, 1.807) is 6.08 Å². The number of para-hydroxylation sites is 1. The van der Waals surface area contributed by atoms with Crippen molar-refractivity contribution >= 4 is 33.9 Å². The number of ether oxygens (including phenoxy) is 2. The van der Waals surface area contributed by atoms with Gasteiger partial charge in [0.1, 0.15) is 12.4 Å². The van der Waals surface area contributed by atoms with Crippen molar-refractivity contribution in [1.29, 1.82) is 0 Å². The molecular formula is C21H19NO5. The molecule has 1 aliphatic heterocycles. The molecule has 4 rings (SSSR count). The average molecular weight is 365 g/mol. The predicted molar refractivity (Wildman–Crippen MR) is 102 cm³/mol. The van der Waals surface area contributed by atoms with Gasteiger partial charge in [0.15, 0.2) is 12.0 Å². The molecule has 2 N–H and O–H groups in total. The van der Waals surface area contributed by atoms with Gasteiger partial charge in [-0.3, -0.25) is 0 Å². The number of esters is 1. The topological polar surface area (TPSA) is 80.9 Å². The van der Waals surface area contributed by atoms with E-state index in [1.807, 2.05) is 47.0 Å². The van der Waals surface area contributed by atoms with Crippen LogP contribution < -0.4 is 0 Å². The fourth-order valence-electron chi connectivity index (χ4n) is 3.49. The second kappa shape index (κ2) is 6.81. The molecule has 0 amide bonds. The highest BCUT2D eigenvalue weighted by molar-refractivity contribution is 6.08. The average Bonchev–Trinajstić information content (AvgIpc) is 3.22. The highest BCUT2D eigenvalue weighted by atomic mass is 16.5. The first kappa shape index (κ1) is 17.2. The smallest absolute Gasteiger partial charge is 0.330 e. The standard InChI is InChI=1S/C21H19NO5/c1-26-21(25)9-7-13-6-8-17-15(10-13)14-4-2-3-5-16(14)22(17)20-11-18(24)19(12-23)27-20/h2-10,20,23-24H,11-12H2,1H3/b9-7+/t20-/m1/s1. The monoisotopic (exact) mass is 365 g/mol. The third-order valence-electron chi connectivity index (χ3n) is 4.75. The minimum Gasteiger partial charge on any atom is -0.508 e. The molecule has 2 heterocycles. The quantitative estimate of drug-likeness (QED) is 0.545. The van der Waals surface area contributed by atoms with Gasteiger partial charge >= 0.3 is 5.97 Å². The lowest BCUT2D eigenvalue weighted by Crippen LogP contribution is -2.08. The van der Waals surface area contributed by atoms with Gasteiger partial charge in [-0.2, -0.15) is 0 Å². The zero-order chi connectivity index (χ0) is 19.0. The molecule has 3 aromatic rings. The van der Waals surface area contributed by atoms with E-state index in [0.29, 0.717) is 6.42 Å². The Labute approximate surface area is 155 Å². The number of carbonyl (C=O) groups is 1. The fourth-order valence-corrected chi connectivity index (χ4v) is 3.49. The summed E-state index contributed by atoms with van der Waals surface area (Å²) in [5, 5.41) is 21.4. The second-order valence-electron chi connectivity index (χ2n) is 6.32. The van der Waals surface area contributed by atoms with E-state index in [9.17, 15) is 15.0 Å². The van der Waals surface area contributed by atoms with E-state index in [1.165, 1.54) is 13.2 Å². The number of methoxy groups -OCH3 is 1. The Morgan fingerprint density at radius 2 is 2.04 bits per heavy atom. The first-order chi connectivity index (χ1) is 13.1. The fraction of sp³-hybridized carbons (Fsp3) is 0.190. The van der Waals surface area contributed by atoms with Crippen molar-refractivity contribution in [3.8, 4) is 0 Å². The number of benzene rings is 2. The predicted octanol–water partition coefficient (Wildman–Crippen LogP) is 3.66. The maximum atomic E-state index is 11.4. The van der Waals surface area contributed by atoms with Crippen LogP contribution in [0.3, 0.4) is 0 Å². The molecule has 27 heavy (non-hydrogen) atoms. The highest BCUT2D eigenvalue weighted by Gasteiger charge is 2.29. The Balaban J connectivity index is 1.84. The number of rotatable bonds is 4. The van der Waals surface area contributed by atoms with Crippen LogP contribution in [-0.2, 0) is 14.3 Å². The zero-order valence-corrected chi connectivity index (χ0v) is 14.8. The van der Waals surface area contributed by atoms with Gasteiger partial charge in [-0.05, 0) is 29.8 Å². The van der Waals surface area contributed by atoms with Gasteiger partial charge in [-0.1, -0.05) is 24.3 Å². The Kier molecular flexibility index (Phi) is 4.33. The largest absolute Gasteiger partial charge is 0.508 e. The van der Waals surface area contributed by atoms with Crippen molar-refractivity contribution in [2.75, 3.05) is 13.7 Å². The van der Waals surface area contributed by atoms with Gasteiger partial charge in [0.05, 0.1) is 24.6 Å². The van der Waals surface area contributed by atoms with Crippen molar-refractivity contribution < 1.29 is 24.5 Å². The van der Waals surface area contributed by atoms with Crippen LogP contribution in [0.15, 0.2) is 60.1 Å². The van der Waals surface area contributed by atoms with E-state index in [2.05, 4.69) is 4.74 Å². The summed E-state index contributed by atoms with van der Waals surface area (Å²) >= 11 is 0. The molecular weight excluding hydrogens is 346 g/mol. The van der Waals surface area contributed by atoms with E-state index < -0.39 is 12.2 Å². The molecule has 0 unspecified atom stereocenters. The highest BCUT2D eigenvalue weighted by Crippen LogP contribution is 2.38. The van der Waals surface area contributed by atoms with Crippen LogP contribution in [0.4, 0.5) is 0 Å². The summed E-state index contributed by atoms with van der Waals surface area (Å²) in [6, 6.07) is 13.8. The van der Waals surface area contributed by atoms with Crippen molar-refractivity contribution in [2.24, 2.45) is 0 Å². The molecule has 0 fully saturated rings. The van der Waals surface area contributed by atoms with Gasteiger partial charge in [-0.15, -0.1) is 0 Å². The van der Waals surface area contributed by atoms with Crippen LogP contribution in [0.25, 0.3) is 27.9 Å². The first-order valence-electron chi connectivity index (χ1n) is 8.59. The normalized spacial score (nSPS) is 17.2. The van der Waals surface area contributed by atoms with Crippen LogP contribution in [0.5, 0.6) is 0 Å². The van der Waals surface area contributed by atoms with Crippen LogP contribution in [0.1, 0.15) is 18.2 Å². The molecule has 6 nitrogen and oxygen atoms in total. The van der Waals surface area contributed by atoms with Crippen molar-refractivity contribution in [2.45, 2.75) is 12.6 Å². The molecule has 0 saturated carbocycles. The molecule has 1 aromatic heterocycles. The van der Waals surface area contributed by atoms with E-state index in [4.69, 9.17) is 4.74 Å². The summed E-state index contributed by atoms with van der Waals surface area (Å²) in [7, 11) is 1.34. The lowest BCUT2D eigenvalue weighted by Gasteiger charge is -2.16. The molecule has 0 saturated heterocycles. The Morgan fingerprint density at radius 1 is 1.26 bits per heavy atom. The number of carbonyl (C=O) groups excluding carboxylic acids is 1.